The Morgan fingerprint density at radius 1 is 1.31 bits per heavy atom. The van der Waals surface area contributed by atoms with Crippen molar-refractivity contribution >= 4 is 34.6 Å². The molecule has 2 rings (SSSR count). The number of nitrogens with zero attached hydrogens (tertiary/aromatic N) is 2. The molecule has 84 valence electrons. The van der Waals surface area contributed by atoms with Crippen LogP contribution in [0.5, 0.6) is 0 Å². The fraction of sp³-hybridized carbons (Fsp3) is 0.111. The molecule has 0 unspecified atom stereocenters. The summed E-state index contributed by atoms with van der Waals surface area (Å²) in [6, 6.07) is 5.58. The average Bonchev–Trinajstić information content (AvgIpc) is 2.73. The highest BCUT2D eigenvalue weighted by atomic mass is 35.5. The first kappa shape index (κ1) is 11.1. The molecule has 0 aromatic carbocycles. The van der Waals surface area contributed by atoms with E-state index in [4.69, 9.17) is 17.4 Å². The lowest BCUT2D eigenvalue weighted by atomic mass is 10.4. The molecule has 0 aliphatic heterocycles. The summed E-state index contributed by atoms with van der Waals surface area (Å²) in [5.74, 6) is 6.53. The lowest BCUT2D eigenvalue weighted by Crippen LogP contribution is -2.09. The molecule has 0 atom stereocenters. The van der Waals surface area contributed by atoms with Gasteiger partial charge in [-0.2, -0.15) is 0 Å². The molecule has 0 saturated heterocycles. The number of nitrogen functional groups attached to an aromatic ring is 1. The molecule has 0 aliphatic rings. The van der Waals surface area contributed by atoms with Crippen molar-refractivity contribution in [1.82, 2.24) is 9.97 Å². The maximum atomic E-state index is 5.83. The second-order valence-corrected chi connectivity index (χ2v) is 4.79. The Balaban J connectivity index is 1.99. The lowest BCUT2D eigenvalue weighted by molar-refractivity contribution is 1.09. The van der Waals surface area contributed by atoms with Crippen molar-refractivity contribution in [2.75, 3.05) is 10.7 Å². The third kappa shape index (κ3) is 2.82. The summed E-state index contributed by atoms with van der Waals surface area (Å²) in [7, 11) is 0. The van der Waals surface area contributed by atoms with E-state index in [0.717, 1.165) is 9.21 Å². The maximum Gasteiger partial charge on any atom is 0.145 e. The first-order chi connectivity index (χ1) is 7.78. The van der Waals surface area contributed by atoms with E-state index in [1.165, 1.54) is 17.7 Å². The fourth-order valence-electron chi connectivity index (χ4n) is 1.16. The van der Waals surface area contributed by atoms with Gasteiger partial charge in [-0.1, -0.05) is 11.6 Å². The van der Waals surface area contributed by atoms with Gasteiger partial charge in [-0.25, -0.2) is 15.8 Å². The Morgan fingerprint density at radius 3 is 2.81 bits per heavy atom. The predicted octanol–water partition coefficient (Wildman–Crippen LogP) is 2.09. The largest absolute Gasteiger partial charge is 0.365 e. The number of anilines is 2. The quantitative estimate of drug-likeness (QED) is 0.576. The number of hydrogen-bond donors (Lipinski definition) is 3. The zero-order valence-electron chi connectivity index (χ0n) is 8.27. The highest BCUT2D eigenvalue weighted by molar-refractivity contribution is 7.16. The van der Waals surface area contributed by atoms with E-state index in [0.29, 0.717) is 18.2 Å². The topological polar surface area (TPSA) is 75.9 Å². The van der Waals surface area contributed by atoms with E-state index in [2.05, 4.69) is 20.7 Å². The summed E-state index contributed by atoms with van der Waals surface area (Å²) >= 11 is 7.36. The number of aromatic nitrogens is 2. The van der Waals surface area contributed by atoms with Gasteiger partial charge in [-0.05, 0) is 12.1 Å². The van der Waals surface area contributed by atoms with Crippen LogP contribution >= 0.6 is 22.9 Å². The van der Waals surface area contributed by atoms with Gasteiger partial charge in [-0.3, -0.25) is 0 Å². The predicted molar refractivity (Wildman–Crippen MR) is 66.5 cm³/mol. The maximum absolute atomic E-state index is 5.83. The minimum Gasteiger partial charge on any atom is -0.365 e. The van der Waals surface area contributed by atoms with Crippen molar-refractivity contribution in [2.24, 2.45) is 5.84 Å². The van der Waals surface area contributed by atoms with E-state index in [-0.39, 0.29) is 0 Å². The molecule has 16 heavy (non-hydrogen) atoms. The number of nitrogens with two attached hydrogens (primary N) is 1. The molecular weight excluding hydrogens is 246 g/mol. The van der Waals surface area contributed by atoms with Crippen LogP contribution in [0.15, 0.2) is 24.5 Å². The Morgan fingerprint density at radius 2 is 2.12 bits per heavy atom. The second-order valence-electron chi connectivity index (χ2n) is 2.99. The summed E-state index contributed by atoms with van der Waals surface area (Å²) < 4.78 is 0.781. The molecule has 0 saturated carbocycles. The summed E-state index contributed by atoms with van der Waals surface area (Å²) in [6.45, 7) is 0.679. The fourth-order valence-corrected chi connectivity index (χ4v) is 2.18. The van der Waals surface area contributed by atoms with Crippen LogP contribution in [0.1, 0.15) is 4.88 Å². The van der Waals surface area contributed by atoms with Crippen molar-refractivity contribution in [2.45, 2.75) is 6.54 Å². The van der Waals surface area contributed by atoms with Gasteiger partial charge in [0.2, 0.25) is 0 Å². The Labute approximate surface area is 102 Å². The zero-order valence-corrected chi connectivity index (χ0v) is 9.85. The van der Waals surface area contributed by atoms with Crippen LogP contribution in [0.2, 0.25) is 4.34 Å². The summed E-state index contributed by atoms with van der Waals surface area (Å²) in [6.07, 6.45) is 1.44. The van der Waals surface area contributed by atoms with E-state index in [1.807, 2.05) is 12.1 Å². The molecule has 0 spiro atoms. The number of nitrogens with one attached hydrogen (secondary N) is 2. The van der Waals surface area contributed by atoms with Gasteiger partial charge in [0.1, 0.15) is 18.0 Å². The van der Waals surface area contributed by atoms with Gasteiger partial charge in [0.15, 0.2) is 0 Å². The smallest absolute Gasteiger partial charge is 0.145 e. The SMILES string of the molecule is NNc1cc(NCc2ccc(Cl)s2)ncn1. The third-order valence-electron chi connectivity index (χ3n) is 1.89. The van der Waals surface area contributed by atoms with E-state index in [9.17, 15) is 0 Å². The van der Waals surface area contributed by atoms with Gasteiger partial charge in [0, 0.05) is 10.9 Å². The first-order valence-electron chi connectivity index (χ1n) is 4.54. The molecule has 7 heteroatoms. The van der Waals surface area contributed by atoms with Crippen molar-refractivity contribution in [1.29, 1.82) is 0 Å². The normalized spacial score (nSPS) is 10.1. The van der Waals surface area contributed by atoms with E-state index >= 15 is 0 Å². The Bertz CT molecular complexity index is 472. The molecule has 0 fully saturated rings. The molecule has 2 heterocycles. The molecule has 5 nitrogen and oxygen atoms in total. The minimum atomic E-state index is 0.571. The van der Waals surface area contributed by atoms with Crippen LogP contribution in [0.25, 0.3) is 0 Å². The standard InChI is InChI=1S/C9H10ClN5S/c10-7-2-1-6(16-7)4-12-8-3-9(15-11)14-5-13-8/h1-3,5H,4,11H2,(H2,12,13,14,15). The molecule has 0 bridgehead atoms. The van der Waals surface area contributed by atoms with Crippen LogP contribution < -0.4 is 16.6 Å². The second kappa shape index (κ2) is 5.11. The van der Waals surface area contributed by atoms with Gasteiger partial charge >= 0.3 is 0 Å². The van der Waals surface area contributed by atoms with Gasteiger partial charge in [0.25, 0.3) is 0 Å². The summed E-state index contributed by atoms with van der Waals surface area (Å²) in [4.78, 5) is 9.12. The van der Waals surface area contributed by atoms with Crippen molar-refractivity contribution in [3.8, 4) is 0 Å². The van der Waals surface area contributed by atoms with Crippen LogP contribution in [-0.4, -0.2) is 9.97 Å². The Hall–Kier alpha value is -1.37. The molecule has 0 aliphatic carbocycles. The lowest BCUT2D eigenvalue weighted by Gasteiger charge is -2.04. The summed E-state index contributed by atoms with van der Waals surface area (Å²) in [5.41, 5.74) is 2.46. The van der Waals surface area contributed by atoms with Crippen LogP contribution in [-0.2, 0) is 6.54 Å². The molecular formula is C9H10ClN5S. The number of hydrazine groups is 1. The molecule has 4 N–H and O–H groups in total. The zero-order chi connectivity index (χ0) is 11.4. The highest BCUT2D eigenvalue weighted by Crippen LogP contribution is 2.22. The van der Waals surface area contributed by atoms with E-state index in [1.54, 1.807) is 6.07 Å². The number of thiophene rings is 1. The third-order valence-corrected chi connectivity index (χ3v) is 3.12. The molecule has 2 aromatic heterocycles. The average molecular weight is 256 g/mol. The summed E-state index contributed by atoms with van der Waals surface area (Å²) in [5, 5.41) is 3.15. The van der Waals surface area contributed by atoms with Crippen molar-refractivity contribution < 1.29 is 0 Å². The van der Waals surface area contributed by atoms with Crippen LogP contribution in [0, 0.1) is 0 Å². The highest BCUT2D eigenvalue weighted by Gasteiger charge is 2.00. The van der Waals surface area contributed by atoms with Gasteiger partial charge in [-0.15, -0.1) is 11.3 Å². The van der Waals surface area contributed by atoms with Crippen molar-refractivity contribution in [3.63, 3.8) is 0 Å². The number of halogens is 1. The molecule has 0 radical (unpaired) electrons. The van der Waals surface area contributed by atoms with Gasteiger partial charge in [0.05, 0.1) is 10.9 Å². The first-order valence-corrected chi connectivity index (χ1v) is 5.74. The minimum absolute atomic E-state index is 0.571. The van der Waals surface area contributed by atoms with Crippen LogP contribution in [0.4, 0.5) is 11.6 Å². The Kier molecular flexibility index (Phi) is 3.55. The number of rotatable bonds is 4. The monoisotopic (exact) mass is 255 g/mol. The van der Waals surface area contributed by atoms with Gasteiger partial charge < -0.3 is 10.7 Å². The van der Waals surface area contributed by atoms with Crippen LogP contribution in [0.3, 0.4) is 0 Å². The molecule has 2 aromatic rings. The van der Waals surface area contributed by atoms with E-state index < -0.39 is 0 Å². The molecule has 0 amide bonds. The number of hydrogen-bond acceptors (Lipinski definition) is 6. The van der Waals surface area contributed by atoms with Crippen molar-refractivity contribution in [3.05, 3.63) is 33.7 Å².